The highest BCUT2D eigenvalue weighted by Crippen LogP contribution is 2.37. The summed E-state index contributed by atoms with van der Waals surface area (Å²) in [5.74, 6) is 5.66. The van der Waals surface area contributed by atoms with Gasteiger partial charge in [0, 0.05) is 6.92 Å². The largest absolute Gasteiger partial charge is 0.453 e. The Morgan fingerprint density at radius 1 is 1.00 bits per heavy atom. The van der Waals surface area contributed by atoms with Crippen LogP contribution in [0.3, 0.4) is 0 Å². The predicted molar refractivity (Wildman–Crippen MR) is 113 cm³/mol. The monoisotopic (exact) mass is 380 g/mol. The second kappa shape index (κ2) is 9.03. The van der Waals surface area contributed by atoms with Gasteiger partial charge >= 0.3 is 5.97 Å². The fourth-order valence-electron chi connectivity index (χ4n) is 3.31. The van der Waals surface area contributed by atoms with Crippen LogP contribution in [0.15, 0.2) is 60.7 Å². The zero-order valence-corrected chi connectivity index (χ0v) is 17.8. The molecule has 0 saturated carbocycles. The van der Waals surface area contributed by atoms with Crippen LogP contribution in [0.5, 0.6) is 0 Å². The Balaban J connectivity index is 2.48. The van der Waals surface area contributed by atoms with Gasteiger partial charge in [-0.05, 0) is 22.3 Å². The molecule has 0 aromatic heterocycles. The van der Waals surface area contributed by atoms with Crippen molar-refractivity contribution in [2.75, 3.05) is 6.61 Å². The summed E-state index contributed by atoms with van der Waals surface area (Å²) >= 11 is 0. The van der Waals surface area contributed by atoms with Crippen molar-refractivity contribution in [3.05, 3.63) is 60.7 Å². The fraction of sp³-hybridized carbons (Fsp3) is 0.348. The molecule has 0 fully saturated rings. The van der Waals surface area contributed by atoms with Gasteiger partial charge in [-0.1, -0.05) is 93.3 Å². The van der Waals surface area contributed by atoms with Crippen LogP contribution < -0.4 is 10.4 Å². The minimum atomic E-state index is -2.60. The summed E-state index contributed by atoms with van der Waals surface area (Å²) < 4.78 is 11.7. The molecule has 0 N–H and O–H groups in total. The molecule has 2 aromatic carbocycles. The third-order valence-corrected chi connectivity index (χ3v) is 9.54. The molecule has 0 heterocycles. The Kier molecular flexibility index (Phi) is 7.01. The first-order valence-electron chi connectivity index (χ1n) is 9.18. The lowest BCUT2D eigenvalue weighted by atomic mass is 10.2. The Morgan fingerprint density at radius 2 is 1.48 bits per heavy atom. The lowest BCUT2D eigenvalue weighted by molar-refractivity contribution is -0.139. The minimum Gasteiger partial charge on any atom is -0.453 e. The standard InChI is InChI=1S/C23H28O3Si/c1-19(13-12-18-25-20(2)24)26-27(23(3,4)5,21-14-8-6-9-15-21)22-16-10-7-11-17-22/h6-11,14-17,19H,18H2,1-5H3/t19-/m0/s1. The van der Waals surface area contributed by atoms with Gasteiger partial charge in [-0.25, -0.2) is 0 Å². The number of esters is 1. The van der Waals surface area contributed by atoms with Crippen LogP contribution in [0, 0.1) is 11.8 Å². The zero-order chi connectivity index (χ0) is 19.9. The summed E-state index contributed by atoms with van der Waals surface area (Å²) in [5.41, 5.74) is 0. The molecule has 0 aliphatic heterocycles. The topological polar surface area (TPSA) is 35.5 Å². The van der Waals surface area contributed by atoms with Gasteiger partial charge in [-0.15, -0.1) is 0 Å². The van der Waals surface area contributed by atoms with E-state index in [2.05, 4.69) is 81.1 Å². The van der Waals surface area contributed by atoms with E-state index in [1.807, 2.05) is 19.1 Å². The summed E-state index contributed by atoms with van der Waals surface area (Å²) in [5, 5.41) is 2.34. The van der Waals surface area contributed by atoms with Crippen molar-refractivity contribution in [1.82, 2.24) is 0 Å². The Bertz CT molecular complexity index is 759. The van der Waals surface area contributed by atoms with E-state index in [0.717, 1.165) is 0 Å². The number of ether oxygens (including phenoxy) is 1. The molecule has 0 unspecified atom stereocenters. The number of carbonyl (C=O) groups is 1. The summed E-state index contributed by atoms with van der Waals surface area (Å²) in [4.78, 5) is 10.9. The first-order valence-corrected chi connectivity index (χ1v) is 11.1. The summed E-state index contributed by atoms with van der Waals surface area (Å²) in [7, 11) is -2.60. The van der Waals surface area contributed by atoms with E-state index in [1.165, 1.54) is 17.3 Å². The molecule has 0 aliphatic rings. The summed E-state index contributed by atoms with van der Waals surface area (Å²) in [6.07, 6.45) is -0.285. The maximum Gasteiger partial charge on any atom is 0.303 e. The van der Waals surface area contributed by atoms with E-state index in [0.29, 0.717) is 0 Å². The summed E-state index contributed by atoms with van der Waals surface area (Å²) in [6, 6.07) is 20.9. The van der Waals surface area contributed by atoms with Crippen molar-refractivity contribution in [3.8, 4) is 11.8 Å². The van der Waals surface area contributed by atoms with Crippen LogP contribution in [0.4, 0.5) is 0 Å². The second-order valence-electron chi connectivity index (χ2n) is 7.52. The number of carbonyl (C=O) groups excluding carboxylic acids is 1. The SMILES string of the molecule is CC(=O)OCC#C[C@H](C)O[Si](c1ccccc1)(c1ccccc1)C(C)(C)C. The van der Waals surface area contributed by atoms with Gasteiger partial charge < -0.3 is 9.16 Å². The molecule has 0 saturated heterocycles. The van der Waals surface area contributed by atoms with Crippen LogP contribution in [0.1, 0.15) is 34.6 Å². The molecule has 1 atom stereocenters. The van der Waals surface area contributed by atoms with Crippen LogP contribution in [-0.2, 0) is 14.0 Å². The van der Waals surface area contributed by atoms with E-state index in [4.69, 9.17) is 9.16 Å². The third-order valence-electron chi connectivity index (χ3n) is 4.42. The molecule has 142 valence electrons. The van der Waals surface area contributed by atoms with E-state index < -0.39 is 8.32 Å². The molecule has 2 rings (SSSR count). The van der Waals surface area contributed by atoms with Crippen molar-refractivity contribution in [2.45, 2.75) is 45.8 Å². The van der Waals surface area contributed by atoms with Crippen molar-refractivity contribution in [2.24, 2.45) is 0 Å². The lowest BCUT2D eigenvalue weighted by Crippen LogP contribution is -2.67. The quantitative estimate of drug-likeness (QED) is 0.452. The van der Waals surface area contributed by atoms with Gasteiger partial charge in [0.15, 0.2) is 6.61 Å². The number of benzene rings is 2. The maximum atomic E-state index is 10.9. The van der Waals surface area contributed by atoms with Gasteiger partial charge in [-0.3, -0.25) is 4.79 Å². The smallest absolute Gasteiger partial charge is 0.303 e. The van der Waals surface area contributed by atoms with Gasteiger partial charge in [0.25, 0.3) is 8.32 Å². The number of hydrogen-bond acceptors (Lipinski definition) is 3. The van der Waals surface area contributed by atoms with Crippen LogP contribution in [-0.4, -0.2) is 27.0 Å². The molecule has 0 aliphatic carbocycles. The van der Waals surface area contributed by atoms with Crippen molar-refractivity contribution in [1.29, 1.82) is 0 Å². The van der Waals surface area contributed by atoms with E-state index >= 15 is 0 Å². The molecule has 4 heteroatoms. The fourth-order valence-corrected chi connectivity index (χ4v) is 7.91. The summed E-state index contributed by atoms with van der Waals surface area (Å²) in [6.45, 7) is 10.1. The molecular formula is C23H28O3Si. The van der Waals surface area contributed by atoms with E-state index in [-0.39, 0.29) is 23.7 Å². The molecule has 0 spiro atoms. The Hall–Kier alpha value is -2.35. The normalized spacial score (nSPS) is 12.6. The molecule has 2 aromatic rings. The van der Waals surface area contributed by atoms with Gasteiger partial charge in [0.1, 0.15) is 6.10 Å². The molecule has 27 heavy (non-hydrogen) atoms. The Labute approximate surface area is 163 Å². The third kappa shape index (κ3) is 5.09. The van der Waals surface area contributed by atoms with Crippen LogP contribution in [0.25, 0.3) is 0 Å². The average molecular weight is 381 g/mol. The van der Waals surface area contributed by atoms with E-state index in [1.54, 1.807) is 0 Å². The number of hydrogen-bond donors (Lipinski definition) is 0. The molecule has 0 radical (unpaired) electrons. The van der Waals surface area contributed by atoms with Crippen molar-refractivity contribution < 1.29 is 14.0 Å². The molecule has 0 amide bonds. The lowest BCUT2D eigenvalue weighted by Gasteiger charge is -2.43. The van der Waals surface area contributed by atoms with Crippen molar-refractivity contribution in [3.63, 3.8) is 0 Å². The first kappa shape index (κ1) is 21.0. The predicted octanol–water partition coefficient (Wildman–Crippen LogP) is 3.52. The highest BCUT2D eigenvalue weighted by molar-refractivity contribution is 6.99. The highest BCUT2D eigenvalue weighted by atomic mass is 28.4. The van der Waals surface area contributed by atoms with Gasteiger partial charge in [0.2, 0.25) is 0 Å². The van der Waals surface area contributed by atoms with Crippen LogP contribution in [0.2, 0.25) is 5.04 Å². The molecule has 3 nitrogen and oxygen atoms in total. The van der Waals surface area contributed by atoms with Crippen LogP contribution >= 0.6 is 0 Å². The van der Waals surface area contributed by atoms with E-state index in [9.17, 15) is 4.79 Å². The Morgan fingerprint density at radius 3 is 1.89 bits per heavy atom. The first-order chi connectivity index (χ1) is 12.8. The minimum absolute atomic E-state index is 0.0871. The number of rotatable bonds is 5. The van der Waals surface area contributed by atoms with Crippen molar-refractivity contribution >= 4 is 24.7 Å². The second-order valence-corrected chi connectivity index (χ2v) is 11.8. The zero-order valence-electron chi connectivity index (χ0n) is 16.8. The maximum absolute atomic E-state index is 10.9. The highest BCUT2D eigenvalue weighted by Gasteiger charge is 2.50. The molecule has 0 bridgehead atoms. The van der Waals surface area contributed by atoms with Gasteiger partial charge in [0.05, 0.1) is 0 Å². The average Bonchev–Trinajstić information content (AvgIpc) is 2.63. The molecular weight excluding hydrogens is 352 g/mol. The van der Waals surface area contributed by atoms with Gasteiger partial charge in [-0.2, -0.15) is 0 Å².